The molecule has 0 bridgehead atoms. The Morgan fingerprint density at radius 2 is 1.48 bits per heavy atom. The van der Waals surface area contributed by atoms with Gasteiger partial charge >= 0.3 is 0 Å². The number of benzene rings is 2. The van der Waals surface area contributed by atoms with E-state index in [2.05, 4.69) is 15.6 Å². The highest BCUT2D eigenvalue weighted by Crippen LogP contribution is 2.29. The Kier molecular flexibility index (Phi) is 6.77. The number of aromatic nitrogens is 1. The summed E-state index contributed by atoms with van der Waals surface area (Å²) in [4.78, 5) is 29.8. The normalized spacial score (nSPS) is 10.6. The molecule has 0 spiro atoms. The third kappa shape index (κ3) is 5.74. The Morgan fingerprint density at radius 3 is 2.10 bits per heavy atom. The molecule has 0 aliphatic rings. The summed E-state index contributed by atoms with van der Waals surface area (Å²) in [5, 5.41) is 6.57. The van der Waals surface area contributed by atoms with Crippen LogP contribution in [0.2, 0.25) is 0 Å². The highest BCUT2D eigenvalue weighted by molar-refractivity contribution is 7.12. The molecule has 3 aromatic rings. The van der Waals surface area contributed by atoms with Crippen molar-refractivity contribution < 1.29 is 9.59 Å². The van der Waals surface area contributed by atoms with Crippen molar-refractivity contribution in [2.45, 2.75) is 40.0 Å². The van der Waals surface area contributed by atoms with Crippen molar-refractivity contribution in [3.63, 3.8) is 0 Å². The number of hydrogen-bond donors (Lipinski definition) is 2. The lowest BCUT2D eigenvalue weighted by atomic mass is 10.1. The number of rotatable bonds is 7. The number of amides is 2. The molecule has 0 saturated carbocycles. The third-order valence-corrected chi connectivity index (χ3v) is 5.38. The largest absolute Gasteiger partial charge is 0.326 e. The van der Waals surface area contributed by atoms with Crippen LogP contribution >= 0.6 is 11.3 Å². The zero-order valence-electron chi connectivity index (χ0n) is 16.9. The van der Waals surface area contributed by atoms with Gasteiger partial charge in [0.2, 0.25) is 11.8 Å². The van der Waals surface area contributed by atoms with Crippen LogP contribution in [0.4, 0.5) is 11.4 Å². The molecule has 1 heterocycles. The van der Waals surface area contributed by atoms with E-state index in [1.807, 2.05) is 69.3 Å². The molecule has 6 heteroatoms. The first-order valence-corrected chi connectivity index (χ1v) is 10.5. The minimum absolute atomic E-state index is 0.0203. The minimum Gasteiger partial charge on any atom is -0.326 e. The summed E-state index contributed by atoms with van der Waals surface area (Å²) in [6.07, 6.45) is 1.58. The van der Waals surface area contributed by atoms with E-state index in [0.717, 1.165) is 44.5 Å². The standard InChI is InChI=1S/C23H25N3O2S/c1-4-5-20(27)24-19-12-8-17(9-13-19)23-16(3)29-22(26-23)14-21(28)25-18-10-6-15(2)7-11-18/h6-13H,4-5,14H2,1-3H3,(H,24,27)(H,25,28). The predicted molar refractivity (Wildman–Crippen MR) is 119 cm³/mol. The van der Waals surface area contributed by atoms with Gasteiger partial charge in [-0.2, -0.15) is 0 Å². The molecule has 0 aliphatic heterocycles. The van der Waals surface area contributed by atoms with Crippen molar-refractivity contribution >= 4 is 34.5 Å². The molecule has 1 aromatic heterocycles. The van der Waals surface area contributed by atoms with Crippen molar-refractivity contribution in [1.82, 2.24) is 4.98 Å². The third-order valence-electron chi connectivity index (χ3n) is 4.41. The van der Waals surface area contributed by atoms with E-state index < -0.39 is 0 Å². The van der Waals surface area contributed by atoms with Gasteiger partial charge < -0.3 is 10.6 Å². The smallest absolute Gasteiger partial charge is 0.231 e. The molecular weight excluding hydrogens is 382 g/mol. The number of nitrogens with one attached hydrogen (secondary N) is 2. The topological polar surface area (TPSA) is 71.1 Å². The van der Waals surface area contributed by atoms with E-state index in [1.54, 1.807) is 0 Å². The van der Waals surface area contributed by atoms with E-state index in [-0.39, 0.29) is 18.2 Å². The van der Waals surface area contributed by atoms with Crippen LogP contribution in [0, 0.1) is 13.8 Å². The molecule has 2 amide bonds. The van der Waals surface area contributed by atoms with Crippen molar-refractivity contribution in [2.75, 3.05) is 10.6 Å². The quantitative estimate of drug-likeness (QED) is 0.555. The van der Waals surface area contributed by atoms with Crippen LogP contribution < -0.4 is 10.6 Å². The highest BCUT2D eigenvalue weighted by atomic mass is 32.1. The Morgan fingerprint density at radius 1 is 0.897 bits per heavy atom. The number of nitrogens with zero attached hydrogens (tertiary/aromatic N) is 1. The first-order chi connectivity index (χ1) is 13.9. The molecular formula is C23H25N3O2S. The maximum absolute atomic E-state index is 12.3. The molecule has 5 nitrogen and oxygen atoms in total. The van der Waals surface area contributed by atoms with Gasteiger partial charge in [0.05, 0.1) is 12.1 Å². The van der Waals surface area contributed by atoms with Gasteiger partial charge in [0.1, 0.15) is 5.01 Å². The summed E-state index contributed by atoms with van der Waals surface area (Å²) in [5.74, 6) is -0.0601. The number of thiazole rings is 1. The van der Waals surface area contributed by atoms with Gasteiger partial charge in [0.25, 0.3) is 0 Å². The summed E-state index contributed by atoms with van der Waals surface area (Å²) in [7, 11) is 0. The fourth-order valence-corrected chi connectivity index (χ4v) is 3.89. The van der Waals surface area contributed by atoms with Gasteiger partial charge in [0, 0.05) is 28.2 Å². The Hall–Kier alpha value is -2.99. The Bertz CT molecular complexity index is 992. The molecule has 0 fully saturated rings. The van der Waals surface area contributed by atoms with Gasteiger partial charge in [-0.15, -0.1) is 11.3 Å². The Labute approximate surface area is 175 Å². The molecule has 150 valence electrons. The van der Waals surface area contributed by atoms with Crippen LogP contribution in [0.5, 0.6) is 0 Å². The number of hydrogen-bond acceptors (Lipinski definition) is 4. The van der Waals surface area contributed by atoms with Crippen LogP contribution in [0.15, 0.2) is 48.5 Å². The van der Waals surface area contributed by atoms with Crippen molar-refractivity contribution in [1.29, 1.82) is 0 Å². The summed E-state index contributed by atoms with van der Waals surface area (Å²) in [5.41, 5.74) is 4.56. The molecule has 0 aliphatic carbocycles. The number of aryl methyl sites for hydroxylation is 2. The minimum atomic E-state index is -0.0804. The van der Waals surface area contributed by atoms with Crippen LogP contribution in [0.1, 0.15) is 35.2 Å². The number of carbonyl (C=O) groups is 2. The average molecular weight is 408 g/mol. The maximum atomic E-state index is 12.3. The molecule has 0 radical (unpaired) electrons. The van der Waals surface area contributed by atoms with Gasteiger partial charge in [-0.05, 0) is 44.5 Å². The fourth-order valence-electron chi connectivity index (χ4n) is 2.94. The van der Waals surface area contributed by atoms with E-state index >= 15 is 0 Å². The SMILES string of the molecule is CCCC(=O)Nc1ccc(-c2nc(CC(=O)Nc3ccc(C)cc3)sc2C)cc1. The second-order valence-electron chi connectivity index (χ2n) is 6.98. The first kappa shape index (κ1) is 20.7. The molecule has 2 N–H and O–H groups in total. The molecule has 3 rings (SSSR count). The summed E-state index contributed by atoms with van der Waals surface area (Å²) in [6.45, 7) is 5.99. The zero-order chi connectivity index (χ0) is 20.8. The lowest BCUT2D eigenvalue weighted by molar-refractivity contribution is -0.116. The van der Waals surface area contributed by atoms with Crippen LogP contribution in [0.25, 0.3) is 11.3 Å². The van der Waals surface area contributed by atoms with Crippen molar-refractivity contribution in [3.8, 4) is 11.3 Å². The van der Waals surface area contributed by atoms with E-state index in [1.165, 1.54) is 11.3 Å². The van der Waals surface area contributed by atoms with Gasteiger partial charge in [-0.25, -0.2) is 4.98 Å². The number of anilines is 2. The van der Waals surface area contributed by atoms with Crippen LogP contribution in [0.3, 0.4) is 0 Å². The second-order valence-corrected chi connectivity index (χ2v) is 8.27. The summed E-state index contributed by atoms with van der Waals surface area (Å²) < 4.78 is 0. The van der Waals surface area contributed by atoms with Gasteiger partial charge in [-0.3, -0.25) is 9.59 Å². The van der Waals surface area contributed by atoms with Crippen LogP contribution in [-0.4, -0.2) is 16.8 Å². The fraction of sp³-hybridized carbons (Fsp3) is 0.261. The van der Waals surface area contributed by atoms with E-state index in [9.17, 15) is 9.59 Å². The predicted octanol–water partition coefficient (Wildman–Crippen LogP) is 5.35. The lowest BCUT2D eigenvalue weighted by Crippen LogP contribution is -2.14. The molecule has 2 aromatic carbocycles. The second kappa shape index (κ2) is 9.47. The maximum Gasteiger partial charge on any atom is 0.231 e. The Balaban J connectivity index is 1.65. The van der Waals surface area contributed by atoms with E-state index in [4.69, 9.17) is 0 Å². The van der Waals surface area contributed by atoms with Gasteiger partial charge in [0.15, 0.2) is 0 Å². The van der Waals surface area contributed by atoms with Crippen molar-refractivity contribution in [2.24, 2.45) is 0 Å². The van der Waals surface area contributed by atoms with Gasteiger partial charge in [-0.1, -0.05) is 36.8 Å². The monoisotopic (exact) mass is 407 g/mol. The number of carbonyl (C=O) groups excluding carboxylic acids is 2. The molecule has 0 atom stereocenters. The zero-order valence-corrected chi connectivity index (χ0v) is 17.7. The molecule has 0 saturated heterocycles. The summed E-state index contributed by atoms with van der Waals surface area (Å²) >= 11 is 1.53. The first-order valence-electron chi connectivity index (χ1n) is 9.67. The average Bonchev–Trinajstić information content (AvgIpc) is 3.04. The lowest BCUT2D eigenvalue weighted by Gasteiger charge is -2.05. The summed E-state index contributed by atoms with van der Waals surface area (Å²) in [6, 6.07) is 15.4. The van der Waals surface area contributed by atoms with Crippen LogP contribution in [-0.2, 0) is 16.0 Å². The van der Waals surface area contributed by atoms with E-state index in [0.29, 0.717) is 6.42 Å². The van der Waals surface area contributed by atoms with Crippen molar-refractivity contribution in [3.05, 3.63) is 64.0 Å². The molecule has 29 heavy (non-hydrogen) atoms. The molecule has 0 unspecified atom stereocenters. The highest BCUT2D eigenvalue weighted by Gasteiger charge is 2.13.